The molecule has 0 bridgehead atoms. The smallest absolute Gasteiger partial charge is 0.179 e. The molecule has 0 saturated heterocycles. The van der Waals surface area contributed by atoms with Crippen LogP contribution in [0, 0.1) is 6.92 Å². The number of rotatable bonds is 0. The van der Waals surface area contributed by atoms with Gasteiger partial charge in [-0.2, -0.15) is 0 Å². The van der Waals surface area contributed by atoms with Crippen LogP contribution in [0.1, 0.15) is 5.69 Å². The van der Waals surface area contributed by atoms with Crippen molar-refractivity contribution in [2.75, 3.05) is 0 Å². The standard InChI is InChI=1S/C10H8N.Al/c1-8-6-7-9-4-2-3-5-10(9)11-8;/h2-4,6-7H,1H3;. The Labute approximate surface area is 79.9 Å². The second-order valence-corrected chi connectivity index (χ2v) is 3.49. The fourth-order valence-electron chi connectivity index (χ4n) is 1.27. The number of fused-ring (bicyclic) bond motifs is 1. The van der Waals surface area contributed by atoms with E-state index in [1.807, 2.05) is 19.1 Å². The lowest BCUT2D eigenvalue weighted by molar-refractivity contribution is 1.26. The third kappa shape index (κ3) is 1.24. The van der Waals surface area contributed by atoms with Crippen molar-refractivity contribution in [1.29, 1.82) is 0 Å². The molecule has 2 aromatic rings. The van der Waals surface area contributed by atoms with E-state index in [-0.39, 0.29) is 0 Å². The topological polar surface area (TPSA) is 12.9 Å². The Morgan fingerprint density at radius 2 is 2.00 bits per heavy atom. The maximum absolute atomic E-state index is 4.45. The van der Waals surface area contributed by atoms with Crippen molar-refractivity contribution < 1.29 is 0 Å². The van der Waals surface area contributed by atoms with Gasteiger partial charge < -0.3 is 0 Å². The summed E-state index contributed by atoms with van der Waals surface area (Å²) in [5, 5.41) is 1.20. The molecule has 0 atom stereocenters. The SMILES string of the molecule is Cc1ccc2ccc[c]([Al])c2n1. The molecule has 2 rings (SSSR count). The van der Waals surface area contributed by atoms with Gasteiger partial charge in [-0.25, -0.2) is 0 Å². The molecular formula is C10H8AlN. The van der Waals surface area contributed by atoms with E-state index in [1.54, 1.807) is 0 Å². The van der Waals surface area contributed by atoms with Gasteiger partial charge in [0.25, 0.3) is 0 Å². The van der Waals surface area contributed by atoms with E-state index in [1.165, 1.54) is 5.39 Å². The number of nitrogens with zero attached hydrogens (tertiary/aromatic N) is 1. The molecule has 0 aliphatic rings. The van der Waals surface area contributed by atoms with E-state index < -0.39 is 0 Å². The van der Waals surface area contributed by atoms with Gasteiger partial charge in [-0.1, -0.05) is 24.3 Å². The van der Waals surface area contributed by atoms with Crippen LogP contribution >= 0.6 is 0 Å². The number of para-hydroxylation sites is 1. The van der Waals surface area contributed by atoms with E-state index >= 15 is 0 Å². The van der Waals surface area contributed by atoms with Crippen molar-refractivity contribution in [3.05, 3.63) is 36.0 Å². The Bertz CT molecular complexity index is 423. The van der Waals surface area contributed by atoms with Crippen LogP contribution in [0.5, 0.6) is 0 Å². The number of aryl methyl sites for hydroxylation is 1. The first kappa shape index (κ1) is 7.79. The fourth-order valence-corrected chi connectivity index (χ4v) is 1.61. The van der Waals surface area contributed by atoms with Gasteiger partial charge in [0.05, 0.1) is 5.52 Å². The molecule has 1 heterocycles. The van der Waals surface area contributed by atoms with Crippen LogP contribution in [0.25, 0.3) is 10.9 Å². The minimum atomic E-state index is 1.07. The molecule has 0 aliphatic carbocycles. The maximum Gasteiger partial charge on any atom is 0.179 e. The highest BCUT2D eigenvalue weighted by Crippen LogP contribution is 2.08. The van der Waals surface area contributed by atoms with Gasteiger partial charge in [0.15, 0.2) is 16.3 Å². The summed E-state index contributed by atoms with van der Waals surface area (Å²) < 4.78 is 1.16. The Kier molecular flexibility index (Phi) is 1.88. The van der Waals surface area contributed by atoms with Crippen molar-refractivity contribution in [1.82, 2.24) is 4.98 Å². The van der Waals surface area contributed by atoms with Gasteiger partial charge in [0.2, 0.25) is 0 Å². The van der Waals surface area contributed by atoms with Gasteiger partial charge in [-0.05, 0) is 18.4 Å². The zero-order valence-corrected chi connectivity index (χ0v) is 8.07. The molecule has 12 heavy (non-hydrogen) atoms. The van der Waals surface area contributed by atoms with Crippen LogP contribution in [-0.4, -0.2) is 21.3 Å². The fraction of sp³-hybridized carbons (Fsp3) is 0.100. The lowest BCUT2D eigenvalue weighted by atomic mass is 10.2. The van der Waals surface area contributed by atoms with Crippen molar-refractivity contribution in [2.24, 2.45) is 0 Å². The molecule has 1 aromatic heterocycles. The third-order valence-electron chi connectivity index (χ3n) is 1.89. The molecule has 0 spiro atoms. The van der Waals surface area contributed by atoms with E-state index in [0.717, 1.165) is 15.6 Å². The van der Waals surface area contributed by atoms with Crippen LogP contribution in [0.15, 0.2) is 30.3 Å². The summed E-state index contributed by atoms with van der Waals surface area (Å²) in [4.78, 5) is 4.45. The molecule has 0 fully saturated rings. The van der Waals surface area contributed by atoms with Gasteiger partial charge in [-0.3, -0.25) is 4.98 Å². The molecular weight excluding hydrogens is 161 g/mol. The van der Waals surface area contributed by atoms with Crippen LogP contribution in [0.3, 0.4) is 0 Å². The normalized spacial score (nSPS) is 10.4. The minimum Gasteiger partial charge on any atom is -0.254 e. The molecule has 0 aliphatic heterocycles. The monoisotopic (exact) mass is 169 g/mol. The summed E-state index contributed by atoms with van der Waals surface area (Å²) in [5.41, 5.74) is 2.15. The van der Waals surface area contributed by atoms with Crippen LogP contribution < -0.4 is 4.43 Å². The highest BCUT2D eigenvalue weighted by molar-refractivity contribution is 6.38. The first-order chi connectivity index (χ1) is 5.77. The quantitative estimate of drug-likeness (QED) is 0.542. The second-order valence-electron chi connectivity index (χ2n) is 2.87. The number of pyridine rings is 1. The molecule has 2 radical (unpaired) electrons. The van der Waals surface area contributed by atoms with Gasteiger partial charge in [0.1, 0.15) is 0 Å². The summed E-state index contributed by atoms with van der Waals surface area (Å²) >= 11 is 2.70. The maximum atomic E-state index is 4.45. The number of hydrogen-bond acceptors (Lipinski definition) is 1. The molecule has 56 valence electrons. The van der Waals surface area contributed by atoms with E-state index in [0.29, 0.717) is 0 Å². The van der Waals surface area contributed by atoms with Gasteiger partial charge in [0, 0.05) is 5.69 Å². The van der Waals surface area contributed by atoms with E-state index in [9.17, 15) is 0 Å². The van der Waals surface area contributed by atoms with Crippen molar-refractivity contribution in [2.45, 2.75) is 6.92 Å². The van der Waals surface area contributed by atoms with Gasteiger partial charge in [-0.15, -0.1) is 4.43 Å². The predicted octanol–water partition coefficient (Wildman–Crippen LogP) is 1.34. The average Bonchev–Trinajstić information content (AvgIpc) is 2.07. The van der Waals surface area contributed by atoms with E-state index in [2.05, 4.69) is 39.5 Å². The Balaban J connectivity index is 2.88. The molecule has 1 aromatic carbocycles. The molecule has 0 saturated carbocycles. The number of aromatic nitrogens is 1. The Hall–Kier alpha value is -0.838. The lowest BCUT2D eigenvalue weighted by Gasteiger charge is -2.01. The van der Waals surface area contributed by atoms with Crippen molar-refractivity contribution in [3.63, 3.8) is 0 Å². The molecule has 0 unspecified atom stereocenters. The van der Waals surface area contributed by atoms with Gasteiger partial charge >= 0.3 is 0 Å². The molecule has 0 amide bonds. The van der Waals surface area contributed by atoms with Crippen LogP contribution in [0.2, 0.25) is 0 Å². The van der Waals surface area contributed by atoms with Crippen molar-refractivity contribution in [3.8, 4) is 0 Å². The predicted molar refractivity (Wildman–Crippen MR) is 51.9 cm³/mol. The zero-order valence-electron chi connectivity index (χ0n) is 6.91. The number of benzene rings is 1. The highest BCUT2D eigenvalue weighted by atomic mass is 27.0. The summed E-state index contributed by atoms with van der Waals surface area (Å²) in [6.45, 7) is 2.01. The lowest BCUT2D eigenvalue weighted by Crippen LogP contribution is -2.04. The first-order valence-electron chi connectivity index (χ1n) is 3.89. The summed E-state index contributed by atoms with van der Waals surface area (Å²) in [6.07, 6.45) is 0. The van der Waals surface area contributed by atoms with Crippen LogP contribution in [0.4, 0.5) is 0 Å². The van der Waals surface area contributed by atoms with E-state index in [4.69, 9.17) is 0 Å². The molecule has 2 heteroatoms. The molecule has 1 nitrogen and oxygen atoms in total. The zero-order chi connectivity index (χ0) is 8.55. The largest absolute Gasteiger partial charge is 0.254 e. The number of hydrogen-bond donors (Lipinski definition) is 0. The Morgan fingerprint density at radius 1 is 1.17 bits per heavy atom. The first-order valence-corrected chi connectivity index (χ1v) is 4.47. The van der Waals surface area contributed by atoms with Crippen molar-refractivity contribution >= 4 is 31.6 Å². The molecule has 0 N–H and O–H groups in total. The van der Waals surface area contributed by atoms with Crippen LogP contribution in [-0.2, 0) is 0 Å². The minimum absolute atomic E-state index is 1.07. The second kappa shape index (κ2) is 2.90. The Morgan fingerprint density at radius 3 is 2.83 bits per heavy atom. The average molecular weight is 169 g/mol. The third-order valence-corrected chi connectivity index (χ3v) is 2.36. The summed E-state index contributed by atoms with van der Waals surface area (Å²) in [5.74, 6) is 0. The summed E-state index contributed by atoms with van der Waals surface area (Å²) in [7, 11) is 0. The highest BCUT2D eigenvalue weighted by Gasteiger charge is 1.95. The summed E-state index contributed by atoms with van der Waals surface area (Å²) in [6, 6.07) is 10.3.